The summed E-state index contributed by atoms with van der Waals surface area (Å²) in [5, 5.41) is 3.43. The van der Waals surface area contributed by atoms with Crippen LogP contribution in [0.25, 0.3) is 0 Å². The molecule has 2 aliphatic rings. The predicted octanol–water partition coefficient (Wildman–Crippen LogP) is 1.06. The fourth-order valence-corrected chi connectivity index (χ4v) is 2.47. The highest BCUT2D eigenvalue weighted by Gasteiger charge is 2.30. The van der Waals surface area contributed by atoms with Crippen LogP contribution in [0, 0.1) is 0 Å². The van der Waals surface area contributed by atoms with Gasteiger partial charge >= 0.3 is 0 Å². The molecule has 4 heteroatoms. The van der Waals surface area contributed by atoms with Crippen LogP contribution in [0.4, 0.5) is 0 Å². The first-order chi connectivity index (χ1) is 8.24. The molecule has 17 heavy (non-hydrogen) atoms. The lowest BCUT2D eigenvalue weighted by Gasteiger charge is -2.21. The molecular formula is C13H20N4. The van der Waals surface area contributed by atoms with Crippen molar-refractivity contribution in [1.29, 1.82) is 0 Å². The fraction of sp³-hybridized carbons (Fsp3) is 0.692. The summed E-state index contributed by atoms with van der Waals surface area (Å²) in [7, 11) is 4.14. The minimum Gasteiger partial charge on any atom is -0.312 e. The fourth-order valence-electron chi connectivity index (χ4n) is 2.47. The lowest BCUT2D eigenvalue weighted by atomic mass is 10.0. The lowest BCUT2D eigenvalue weighted by molar-refractivity contribution is 0.387. The first-order valence-corrected chi connectivity index (χ1v) is 6.48. The molecular weight excluding hydrogens is 212 g/mol. The molecule has 3 rings (SSSR count). The van der Waals surface area contributed by atoms with Gasteiger partial charge in [0.2, 0.25) is 0 Å². The molecule has 0 atom stereocenters. The van der Waals surface area contributed by atoms with Crippen molar-refractivity contribution in [2.24, 2.45) is 0 Å². The number of fused-ring (bicyclic) bond motifs is 1. The van der Waals surface area contributed by atoms with Crippen LogP contribution < -0.4 is 5.32 Å². The van der Waals surface area contributed by atoms with Gasteiger partial charge in [-0.25, -0.2) is 9.97 Å². The zero-order valence-electron chi connectivity index (χ0n) is 10.7. The molecule has 92 valence electrons. The molecule has 1 fully saturated rings. The van der Waals surface area contributed by atoms with Crippen LogP contribution in [0.3, 0.4) is 0 Å². The molecule has 0 amide bonds. The van der Waals surface area contributed by atoms with Crippen molar-refractivity contribution in [2.45, 2.75) is 38.3 Å². The van der Waals surface area contributed by atoms with Crippen LogP contribution in [-0.4, -0.2) is 35.5 Å². The minimum absolute atomic E-state index is 0.715. The van der Waals surface area contributed by atoms with Crippen molar-refractivity contribution < 1.29 is 0 Å². The van der Waals surface area contributed by atoms with Gasteiger partial charge in [0.1, 0.15) is 5.82 Å². The first-order valence-electron chi connectivity index (χ1n) is 6.48. The average Bonchev–Trinajstić information content (AvgIpc) is 3.11. The van der Waals surface area contributed by atoms with E-state index in [4.69, 9.17) is 9.97 Å². The van der Waals surface area contributed by atoms with Crippen molar-refractivity contribution in [1.82, 2.24) is 20.2 Å². The maximum Gasteiger partial charge on any atom is 0.142 e. The van der Waals surface area contributed by atoms with Gasteiger partial charge in [-0.1, -0.05) is 0 Å². The highest BCUT2D eigenvalue weighted by atomic mass is 15.1. The van der Waals surface area contributed by atoms with E-state index in [1.807, 2.05) is 0 Å². The van der Waals surface area contributed by atoms with Crippen LogP contribution in [0.15, 0.2) is 0 Å². The Hall–Kier alpha value is -1.00. The Morgan fingerprint density at radius 2 is 2.12 bits per heavy atom. The monoisotopic (exact) mass is 232 g/mol. The zero-order valence-corrected chi connectivity index (χ0v) is 10.7. The number of hydrogen-bond acceptors (Lipinski definition) is 4. The van der Waals surface area contributed by atoms with Gasteiger partial charge in [0.25, 0.3) is 0 Å². The molecule has 1 saturated carbocycles. The highest BCUT2D eigenvalue weighted by Crippen LogP contribution is 2.41. The molecule has 0 aromatic carbocycles. The Morgan fingerprint density at radius 1 is 1.29 bits per heavy atom. The second kappa shape index (κ2) is 4.35. The highest BCUT2D eigenvalue weighted by molar-refractivity contribution is 5.33. The van der Waals surface area contributed by atoms with E-state index in [9.17, 15) is 0 Å². The lowest BCUT2D eigenvalue weighted by Crippen LogP contribution is -2.28. The average molecular weight is 232 g/mol. The Labute approximate surface area is 102 Å². The molecule has 4 nitrogen and oxygen atoms in total. The van der Waals surface area contributed by atoms with Crippen LogP contribution in [-0.2, 0) is 19.5 Å². The van der Waals surface area contributed by atoms with Gasteiger partial charge in [-0.2, -0.15) is 0 Å². The van der Waals surface area contributed by atoms with Crippen LogP contribution in [0.1, 0.15) is 41.5 Å². The largest absolute Gasteiger partial charge is 0.312 e. The maximum atomic E-state index is 4.80. The maximum absolute atomic E-state index is 4.80. The molecule has 2 heterocycles. The van der Waals surface area contributed by atoms with E-state index in [-0.39, 0.29) is 0 Å². The van der Waals surface area contributed by atoms with E-state index in [1.165, 1.54) is 29.8 Å². The SMILES string of the molecule is CN(C)Cc1nc2c(c(C3CC3)n1)CNCC2. The summed E-state index contributed by atoms with van der Waals surface area (Å²) in [5.74, 6) is 1.71. The van der Waals surface area contributed by atoms with E-state index in [2.05, 4.69) is 24.3 Å². The van der Waals surface area contributed by atoms with E-state index >= 15 is 0 Å². The number of rotatable bonds is 3. The third-order valence-corrected chi connectivity index (χ3v) is 3.43. The summed E-state index contributed by atoms with van der Waals surface area (Å²) in [6.07, 6.45) is 3.67. The Morgan fingerprint density at radius 3 is 2.82 bits per heavy atom. The van der Waals surface area contributed by atoms with Crippen LogP contribution in [0.2, 0.25) is 0 Å². The van der Waals surface area contributed by atoms with E-state index in [0.717, 1.165) is 31.9 Å². The summed E-state index contributed by atoms with van der Waals surface area (Å²) in [6.45, 7) is 2.86. The first kappa shape index (κ1) is 11.1. The molecule has 1 aliphatic carbocycles. The van der Waals surface area contributed by atoms with Gasteiger partial charge < -0.3 is 10.2 Å². The predicted molar refractivity (Wildman–Crippen MR) is 66.8 cm³/mol. The van der Waals surface area contributed by atoms with Crippen molar-refractivity contribution >= 4 is 0 Å². The van der Waals surface area contributed by atoms with Gasteiger partial charge in [-0.05, 0) is 26.9 Å². The van der Waals surface area contributed by atoms with E-state index < -0.39 is 0 Å². The quantitative estimate of drug-likeness (QED) is 0.846. The summed E-state index contributed by atoms with van der Waals surface area (Å²) >= 11 is 0. The molecule has 1 N–H and O–H groups in total. The smallest absolute Gasteiger partial charge is 0.142 e. The van der Waals surface area contributed by atoms with Crippen LogP contribution >= 0.6 is 0 Å². The molecule has 1 aromatic rings. The number of nitrogens with zero attached hydrogens (tertiary/aromatic N) is 3. The molecule has 0 saturated heterocycles. The van der Waals surface area contributed by atoms with Crippen molar-refractivity contribution in [3.05, 3.63) is 22.8 Å². The molecule has 0 radical (unpaired) electrons. The molecule has 1 aliphatic heterocycles. The number of hydrogen-bond donors (Lipinski definition) is 1. The Bertz CT molecular complexity index is 424. The van der Waals surface area contributed by atoms with Gasteiger partial charge in [0.15, 0.2) is 0 Å². The molecule has 1 aromatic heterocycles. The van der Waals surface area contributed by atoms with Gasteiger partial charge in [0.05, 0.1) is 17.9 Å². The Kier molecular flexibility index (Phi) is 2.84. The second-order valence-corrected chi connectivity index (χ2v) is 5.39. The minimum atomic E-state index is 0.715. The second-order valence-electron chi connectivity index (χ2n) is 5.39. The zero-order chi connectivity index (χ0) is 11.8. The van der Waals surface area contributed by atoms with Crippen molar-refractivity contribution in [3.63, 3.8) is 0 Å². The van der Waals surface area contributed by atoms with Gasteiger partial charge in [-0.15, -0.1) is 0 Å². The molecule has 0 unspecified atom stereocenters. The normalized spacial score (nSPS) is 19.5. The van der Waals surface area contributed by atoms with Crippen molar-refractivity contribution in [3.8, 4) is 0 Å². The molecule has 0 bridgehead atoms. The van der Waals surface area contributed by atoms with Gasteiger partial charge in [-0.3, -0.25) is 0 Å². The third kappa shape index (κ3) is 2.33. The Balaban J connectivity index is 1.99. The topological polar surface area (TPSA) is 41.1 Å². The summed E-state index contributed by atoms with van der Waals surface area (Å²) in [6, 6.07) is 0. The third-order valence-electron chi connectivity index (χ3n) is 3.43. The van der Waals surface area contributed by atoms with Gasteiger partial charge in [0, 0.05) is 31.0 Å². The number of aromatic nitrogens is 2. The van der Waals surface area contributed by atoms with E-state index in [0.29, 0.717) is 5.92 Å². The van der Waals surface area contributed by atoms with Crippen molar-refractivity contribution in [2.75, 3.05) is 20.6 Å². The summed E-state index contributed by atoms with van der Waals surface area (Å²) in [5.41, 5.74) is 4.01. The standard InChI is InChI=1S/C13H20N4/c1-17(2)8-12-15-11-5-6-14-7-10(11)13(16-12)9-3-4-9/h9,14H,3-8H2,1-2H3. The van der Waals surface area contributed by atoms with Crippen LogP contribution in [0.5, 0.6) is 0 Å². The molecule has 0 spiro atoms. The summed E-state index contributed by atoms with van der Waals surface area (Å²) < 4.78 is 0. The van der Waals surface area contributed by atoms with E-state index in [1.54, 1.807) is 0 Å². The summed E-state index contributed by atoms with van der Waals surface area (Å²) in [4.78, 5) is 11.7. The number of nitrogens with one attached hydrogen (secondary N) is 1.